The van der Waals surface area contributed by atoms with Gasteiger partial charge in [0.25, 0.3) is 11.8 Å². The Labute approximate surface area is 182 Å². The van der Waals surface area contributed by atoms with E-state index in [9.17, 15) is 9.59 Å². The van der Waals surface area contributed by atoms with Gasteiger partial charge >= 0.3 is 0 Å². The molecule has 0 radical (unpaired) electrons. The van der Waals surface area contributed by atoms with Crippen molar-refractivity contribution in [1.82, 2.24) is 5.32 Å². The molecule has 1 aliphatic rings. The van der Waals surface area contributed by atoms with Crippen LogP contribution in [0.1, 0.15) is 34.1 Å². The second kappa shape index (κ2) is 9.34. The Morgan fingerprint density at radius 1 is 0.903 bits per heavy atom. The molecule has 0 aromatic heterocycles. The lowest BCUT2D eigenvalue weighted by Gasteiger charge is -2.23. The number of fused-ring (bicyclic) bond motifs is 2. The molecule has 0 bridgehead atoms. The van der Waals surface area contributed by atoms with Crippen LogP contribution >= 0.6 is 0 Å². The van der Waals surface area contributed by atoms with Gasteiger partial charge in [-0.05, 0) is 55.8 Å². The fraction of sp³-hybridized carbons (Fsp3) is 0.200. The summed E-state index contributed by atoms with van der Waals surface area (Å²) < 4.78 is 0. The number of carbonyl (C=O) groups is 2. The summed E-state index contributed by atoms with van der Waals surface area (Å²) in [7, 11) is 0. The fourth-order valence-corrected chi connectivity index (χ4v) is 3.71. The average molecular weight is 415 g/mol. The number of anilines is 4. The van der Waals surface area contributed by atoms with E-state index in [1.165, 1.54) is 5.69 Å². The van der Waals surface area contributed by atoms with Crippen LogP contribution in [-0.2, 0) is 0 Å². The summed E-state index contributed by atoms with van der Waals surface area (Å²) in [5.74, 6) is -0.346. The van der Waals surface area contributed by atoms with Gasteiger partial charge in [-0.3, -0.25) is 9.59 Å². The minimum absolute atomic E-state index is 0.151. The van der Waals surface area contributed by atoms with E-state index in [1.807, 2.05) is 42.5 Å². The SMILES string of the molecule is CCN(CCCNC(=O)c1ccc2c(c1)NC(=O)c1ccccc1N2)c1ccccc1. The predicted molar refractivity (Wildman–Crippen MR) is 125 cm³/mol. The Kier molecular flexibility index (Phi) is 6.17. The molecule has 0 fully saturated rings. The first-order valence-corrected chi connectivity index (χ1v) is 10.6. The third kappa shape index (κ3) is 4.69. The molecule has 4 rings (SSSR count). The number of rotatable bonds is 7. The van der Waals surface area contributed by atoms with Gasteiger partial charge < -0.3 is 20.9 Å². The third-order valence-electron chi connectivity index (χ3n) is 5.36. The van der Waals surface area contributed by atoms with Gasteiger partial charge in [0.15, 0.2) is 0 Å². The molecule has 3 N–H and O–H groups in total. The molecule has 0 saturated carbocycles. The maximum absolute atomic E-state index is 12.6. The van der Waals surface area contributed by atoms with E-state index in [0.717, 1.165) is 30.9 Å². The lowest BCUT2D eigenvalue weighted by atomic mass is 10.1. The van der Waals surface area contributed by atoms with Crippen molar-refractivity contribution in [2.24, 2.45) is 0 Å². The molecule has 0 saturated heterocycles. The molecule has 0 aliphatic carbocycles. The van der Waals surface area contributed by atoms with Crippen LogP contribution in [-0.4, -0.2) is 31.4 Å². The van der Waals surface area contributed by atoms with Gasteiger partial charge in [-0.1, -0.05) is 30.3 Å². The lowest BCUT2D eigenvalue weighted by molar-refractivity contribution is 0.0952. The van der Waals surface area contributed by atoms with Crippen molar-refractivity contribution in [3.8, 4) is 0 Å². The van der Waals surface area contributed by atoms with Crippen molar-refractivity contribution in [3.05, 3.63) is 83.9 Å². The number of carbonyl (C=O) groups excluding carboxylic acids is 2. The topological polar surface area (TPSA) is 73.5 Å². The molecule has 6 heteroatoms. The summed E-state index contributed by atoms with van der Waals surface area (Å²) in [5, 5.41) is 9.14. The number of nitrogens with one attached hydrogen (secondary N) is 3. The van der Waals surface area contributed by atoms with Crippen LogP contribution < -0.4 is 20.9 Å². The first kappa shape index (κ1) is 20.5. The molecule has 31 heavy (non-hydrogen) atoms. The maximum atomic E-state index is 12.6. The van der Waals surface area contributed by atoms with Crippen LogP contribution in [0, 0.1) is 0 Å². The third-order valence-corrected chi connectivity index (χ3v) is 5.36. The second-order valence-corrected chi connectivity index (χ2v) is 7.41. The summed E-state index contributed by atoms with van der Waals surface area (Å²) in [5.41, 5.74) is 4.37. The van der Waals surface area contributed by atoms with Crippen LogP contribution in [0.4, 0.5) is 22.7 Å². The van der Waals surface area contributed by atoms with Crippen LogP contribution in [0.3, 0.4) is 0 Å². The Morgan fingerprint density at radius 2 is 1.68 bits per heavy atom. The van der Waals surface area contributed by atoms with E-state index in [4.69, 9.17) is 0 Å². The van der Waals surface area contributed by atoms with Crippen LogP contribution in [0.5, 0.6) is 0 Å². The van der Waals surface area contributed by atoms with Crippen molar-refractivity contribution in [3.63, 3.8) is 0 Å². The summed E-state index contributed by atoms with van der Waals surface area (Å²) >= 11 is 0. The standard InChI is InChI=1S/C25H26N4O2/c1-2-29(19-9-4-3-5-10-19)16-8-15-26-24(30)18-13-14-22-23(17-18)28-25(31)20-11-6-7-12-21(20)27-22/h3-7,9-14,17,27H,2,8,15-16H2,1H3,(H,26,30)(H,28,31). The molecular weight excluding hydrogens is 388 g/mol. The minimum atomic E-state index is -0.194. The zero-order valence-corrected chi connectivity index (χ0v) is 17.5. The van der Waals surface area contributed by atoms with Gasteiger partial charge in [-0.2, -0.15) is 0 Å². The molecule has 3 aromatic rings. The normalized spacial score (nSPS) is 12.0. The Balaban J connectivity index is 1.36. The fourth-order valence-electron chi connectivity index (χ4n) is 3.71. The minimum Gasteiger partial charge on any atom is -0.372 e. The first-order valence-electron chi connectivity index (χ1n) is 10.6. The summed E-state index contributed by atoms with van der Waals surface area (Å²) in [6.45, 7) is 4.48. The summed E-state index contributed by atoms with van der Waals surface area (Å²) in [6, 6.07) is 22.9. The zero-order valence-electron chi connectivity index (χ0n) is 17.5. The van der Waals surface area contributed by atoms with Gasteiger partial charge in [0.2, 0.25) is 0 Å². The maximum Gasteiger partial charge on any atom is 0.257 e. The van der Waals surface area contributed by atoms with Gasteiger partial charge in [0, 0.05) is 30.9 Å². The summed E-state index contributed by atoms with van der Waals surface area (Å²) in [6.07, 6.45) is 0.840. The van der Waals surface area contributed by atoms with Gasteiger partial charge in [0.1, 0.15) is 0 Å². The highest BCUT2D eigenvalue weighted by Crippen LogP contribution is 2.32. The highest BCUT2D eigenvalue weighted by atomic mass is 16.2. The van der Waals surface area contributed by atoms with Gasteiger partial charge in [-0.15, -0.1) is 0 Å². The lowest BCUT2D eigenvalue weighted by Crippen LogP contribution is -2.30. The first-order chi connectivity index (χ1) is 15.2. The monoisotopic (exact) mass is 414 g/mol. The molecule has 158 valence electrons. The number of para-hydroxylation sites is 2. The Morgan fingerprint density at radius 3 is 2.48 bits per heavy atom. The molecule has 1 aliphatic heterocycles. The number of nitrogens with zero attached hydrogens (tertiary/aromatic N) is 1. The molecule has 1 heterocycles. The molecule has 0 atom stereocenters. The molecule has 3 aromatic carbocycles. The Hall–Kier alpha value is -3.80. The highest BCUT2D eigenvalue weighted by molar-refractivity contribution is 6.12. The quantitative estimate of drug-likeness (QED) is 0.493. The smallest absolute Gasteiger partial charge is 0.257 e. The van der Waals surface area contributed by atoms with Gasteiger partial charge in [0.05, 0.1) is 22.6 Å². The van der Waals surface area contributed by atoms with Crippen molar-refractivity contribution >= 4 is 34.6 Å². The van der Waals surface area contributed by atoms with E-state index in [2.05, 4.69) is 39.9 Å². The number of hydrogen-bond acceptors (Lipinski definition) is 4. The largest absolute Gasteiger partial charge is 0.372 e. The molecule has 0 spiro atoms. The molecular formula is C25H26N4O2. The predicted octanol–water partition coefficient (Wildman–Crippen LogP) is 4.64. The van der Waals surface area contributed by atoms with E-state index < -0.39 is 0 Å². The second-order valence-electron chi connectivity index (χ2n) is 7.41. The van der Waals surface area contributed by atoms with Crippen molar-refractivity contribution in [2.75, 3.05) is 35.2 Å². The number of amides is 2. The van der Waals surface area contributed by atoms with Crippen molar-refractivity contribution in [2.45, 2.75) is 13.3 Å². The van der Waals surface area contributed by atoms with Gasteiger partial charge in [-0.25, -0.2) is 0 Å². The molecule has 0 unspecified atom stereocenters. The zero-order chi connectivity index (χ0) is 21.6. The Bertz CT molecular complexity index is 1080. The van der Waals surface area contributed by atoms with E-state index in [1.54, 1.807) is 18.2 Å². The van der Waals surface area contributed by atoms with Crippen LogP contribution in [0.15, 0.2) is 72.8 Å². The number of benzene rings is 3. The van der Waals surface area contributed by atoms with Crippen molar-refractivity contribution < 1.29 is 9.59 Å². The van der Waals surface area contributed by atoms with Crippen molar-refractivity contribution in [1.29, 1.82) is 0 Å². The molecule has 6 nitrogen and oxygen atoms in total. The highest BCUT2D eigenvalue weighted by Gasteiger charge is 2.19. The molecule has 2 amide bonds. The summed E-state index contributed by atoms with van der Waals surface area (Å²) in [4.78, 5) is 27.4. The number of hydrogen-bond donors (Lipinski definition) is 3. The average Bonchev–Trinajstić information content (AvgIpc) is 2.94. The van der Waals surface area contributed by atoms with Crippen LogP contribution in [0.25, 0.3) is 0 Å². The van der Waals surface area contributed by atoms with Crippen LogP contribution in [0.2, 0.25) is 0 Å². The van der Waals surface area contributed by atoms with E-state index in [0.29, 0.717) is 23.4 Å². The van der Waals surface area contributed by atoms with E-state index in [-0.39, 0.29) is 11.8 Å². The van der Waals surface area contributed by atoms with E-state index >= 15 is 0 Å².